The second-order valence-electron chi connectivity index (χ2n) is 4.02. The van der Waals surface area contributed by atoms with Gasteiger partial charge in [0.2, 0.25) is 0 Å². The van der Waals surface area contributed by atoms with Gasteiger partial charge in [-0.15, -0.1) is 0 Å². The van der Waals surface area contributed by atoms with Gasteiger partial charge in [0, 0.05) is 8.95 Å². The molecule has 0 aliphatic heterocycles. The van der Waals surface area contributed by atoms with E-state index < -0.39 is 5.91 Å². The molecule has 19 heavy (non-hydrogen) atoms. The molecule has 0 saturated carbocycles. The maximum absolute atomic E-state index is 11.4. The predicted octanol–water partition coefficient (Wildman–Crippen LogP) is 4.41. The fraction of sp³-hybridized carbons (Fsp3) is 0.0714. The van der Waals surface area contributed by atoms with Crippen LogP contribution in [0.4, 0.5) is 0 Å². The average Bonchev–Trinajstić information content (AvgIpc) is 2.35. The second kappa shape index (κ2) is 5.75. The van der Waals surface area contributed by atoms with Crippen molar-refractivity contribution in [3.05, 3.63) is 56.5 Å². The maximum atomic E-state index is 11.4. The van der Waals surface area contributed by atoms with Gasteiger partial charge in [0.25, 0.3) is 5.91 Å². The largest absolute Gasteiger partial charge is 0.456 e. The monoisotopic (exact) mass is 383 g/mol. The van der Waals surface area contributed by atoms with E-state index in [1.165, 1.54) is 0 Å². The minimum Gasteiger partial charge on any atom is -0.456 e. The van der Waals surface area contributed by atoms with Gasteiger partial charge in [-0.2, -0.15) is 0 Å². The Morgan fingerprint density at radius 2 is 1.68 bits per heavy atom. The molecule has 0 bridgehead atoms. The van der Waals surface area contributed by atoms with E-state index in [9.17, 15) is 4.79 Å². The van der Waals surface area contributed by atoms with Crippen molar-refractivity contribution in [3.8, 4) is 11.5 Å². The Morgan fingerprint density at radius 3 is 2.37 bits per heavy atom. The molecule has 0 aliphatic carbocycles. The Labute approximate surface area is 128 Å². The highest BCUT2D eigenvalue weighted by molar-refractivity contribution is 9.10. The molecular weight excluding hydrogens is 374 g/mol. The van der Waals surface area contributed by atoms with Gasteiger partial charge in [0.05, 0.1) is 5.56 Å². The molecule has 0 fully saturated rings. The van der Waals surface area contributed by atoms with E-state index >= 15 is 0 Å². The lowest BCUT2D eigenvalue weighted by Gasteiger charge is -2.12. The normalized spacial score (nSPS) is 10.3. The standard InChI is InChI=1S/C14H11Br2NO2/c1-8-2-3-10(16)7-13(8)19-12-5-4-9(15)6-11(12)14(17)18/h2-7H,1H3,(H2,17,18). The van der Waals surface area contributed by atoms with Crippen molar-refractivity contribution in [1.29, 1.82) is 0 Å². The lowest BCUT2D eigenvalue weighted by atomic mass is 10.2. The quantitative estimate of drug-likeness (QED) is 0.851. The Balaban J connectivity index is 2.43. The summed E-state index contributed by atoms with van der Waals surface area (Å²) in [5.74, 6) is 0.597. The first-order valence-corrected chi connectivity index (χ1v) is 7.09. The molecule has 0 atom stereocenters. The molecule has 0 spiro atoms. The SMILES string of the molecule is Cc1ccc(Br)cc1Oc1ccc(Br)cc1C(N)=O. The van der Waals surface area contributed by atoms with E-state index in [1.807, 2.05) is 25.1 Å². The summed E-state index contributed by atoms with van der Waals surface area (Å²) < 4.78 is 7.47. The molecule has 98 valence electrons. The second-order valence-corrected chi connectivity index (χ2v) is 5.85. The summed E-state index contributed by atoms with van der Waals surface area (Å²) in [6.07, 6.45) is 0. The van der Waals surface area contributed by atoms with Crippen molar-refractivity contribution in [3.63, 3.8) is 0 Å². The van der Waals surface area contributed by atoms with E-state index in [2.05, 4.69) is 31.9 Å². The molecule has 0 radical (unpaired) electrons. The smallest absolute Gasteiger partial charge is 0.252 e. The first kappa shape index (κ1) is 14.1. The molecule has 0 heterocycles. The lowest BCUT2D eigenvalue weighted by molar-refractivity contribution is 0.0998. The summed E-state index contributed by atoms with van der Waals surface area (Å²) in [6, 6.07) is 10.9. The summed E-state index contributed by atoms with van der Waals surface area (Å²) in [7, 11) is 0. The number of carbonyl (C=O) groups excluding carboxylic acids is 1. The van der Waals surface area contributed by atoms with Crippen molar-refractivity contribution in [2.75, 3.05) is 0 Å². The Morgan fingerprint density at radius 1 is 1.05 bits per heavy atom. The van der Waals surface area contributed by atoms with Gasteiger partial charge in [0.1, 0.15) is 11.5 Å². The highest BCUT2D eigenvalue weighted by Gasteiger charge is 2.12. The summed E-state index contributed by atoms with van der Waals surface area (Å²) in [5, 5.41) is 0. The third-order valence-electron chi connectivity index (χ3n) is 2.58. The van der Waals surface area contributed by atoms with E-state index in [0.29, 0.717) is 17.1 Å². The molecule has 5 heteroatoms. The van der Waals surface area contributed by atoms with Gasteiger partial charge in [-0.25, -0.2) is 0 Å². The third kappa shape index (κ3) is 3.36. The molecule has 2 N–H and O–H groups in total. The molecular formula is C14H11Br2NO2. The first-order chi connectivity index (χ1) is 8.97. The molecule has 0 aliphatic rings. The van der Waals surface area contributed by atoms with Crippen LogP contribution in [-0.4, -0.2) is 5.91 Å². The minimum absolute atomic E-state index is 0.341. The first-order valence-electron chi connectivity index (χ1n) is 5.51. The van der Waals surface area contributed by atoms with E-state index in [-0.39, 0.29) is 0 Å². The summed E-state index contributed by atoms with van der Waals surface area (Å²) in [5.41, 5.74) is 6.67. The number of hydrogen-bond acceptors (Lipinski definition) is 2. The van der Waals surface area contributed by atoms with Crippen LogP contribution in [-0.2, 0) is 0 Å². The number of ether oxygens (including phenoxy) is 1. The molecule has 3 nitrogen and oxygen atoms in total. The Bertz CT molecular complexity index is 641. The molecule has 2 rings (SSSR count). The molecule has 2 aromatic carbocycles. The zero-order valence-corrected chi connectivity index (χ0v) is 13.3. The van der Waals surface area contributed by atoms with Crippen LogP contribution in [0.25, 0.3) is 0 Å². The molecule has 0 aromatic heterocycles. The highest BCUT2D eigenvalue weighted by Crippen LogP contribution is 2.31. The van der Waals surface area contributed by atoms with Crippen LogP contribution in [0.15, 0.2) is 45.3 Å². The predicted molar refractivity (Wildman–Crippen MR) is 81.6 cm³/mol. The van der Waals surface area contributed by atoms with Gasteiger partial charge < -0.3 is 10.5 Å². The molecule has 2 aromatic rings. The van der Waals surface area contributed by atoms with Gasteiger partial charge in [-0.3, -0.25) is 4.79 Å². The van der Waals surface area contributed by atoms with Crippen LogP contribution >= 0.6 is 31.9 Å². The fourth-order valence-electron chi connectivity index (χ4n) is 1.59. The highest BCUT2D eigenvalue weighted by atomic mass is 79.9. The van der Waals surface area contributed by atoms with Gasteiger partial charge in [0.15, 0.2) is 0 Å². The number of amides is 1. The number of carbonyl (C=O) groups is 1. The Hall–Kier alpha value is -1.33. The number of hydrogen-bond donors (Lipinski definition) is 1. The maximum Gasteiger partial charge on any atom is 0.252 e. The van der Waals surface area contributed by atoms with Crippen molar-refractivity contribution in [2.45, 2.75) is 6.92 Å². The van der Waals surface area contributed by atoms with Gasteiger partial charge in [-0.05, 0) is 42.8 Å². The number of benzene rings is 2. The van der Waals surface area contributed by atoms with Crippen LogP contribution in [0, 0.1) is 6.92 Å². The van der Waals surface area contributed by atoms with E-state index in [0.717, 1.165) is 14.5 Å². The van der Waals surface area contributed by atoms with E-state index in [4.69, 9.17) is 10.5 Å². The zero-order chi connectivity index (χ0) is 14.0. The number of aryl methyl sites for hydroxylation is 1. The fourth-order valence-corrected chi connectivity index (χ4v) is 2.29. The summed E-state index contributed by atoms with van der Waals surface area (Å²) in [6.45, 7) is 1.94. The van der Waals surface area contributed by atoms with Gasteiger partial charge in [-0.1, -0.05) is 37.9 Å². The van der Waals surface area contributed by atoms with Crippen LogP contribution in [0.2, 0.25) is 0 Å². The van der Waals surface area contributed by atoms with Crippen LogP contribution in [0.5, 0.6) is 11.5 Å². The summed E-state index contributed by atoms with van der Waals surface area (Å²) >= 11 is 6.69. The number of primary amides is 1. The van der Waals surface area contributed by atoms with Crippen LogP contribution in [0.1, 0.15) is 15.9 Å². The summed E-state index contributed by atoms with van der Waals surface area (Å²) in [4.78, 5) is 11.4. The zero-order valence-electron chi connectivity index (χ0n) is 10.1. The number of halogens is 2. The van der Waals surface area contributed by atoms with Crippen LogP contribution < -0.4 is 10.5 Å². The van der Waals surface area contributed by atoms with Crippen LogP contribution in [0.3, 0.4) is 0 Å². The van der Waals surface area contributed by atoms with Crippen molar-refractivity contribution in [2.24, 2.45) is 5.73 Å². The van der Waals surface area contributed by atoms with Gasteiger partial charge >= 0.3 is 0 Å². The minimum atomic E-state index is -0.524. The molecule has 0 unspecified atom stereocenters. The molecule has 0 saturated heterocycles. The molecule has 1 amide bonds. The van der Waals surface area contributed by atoms with Crippen molar-refractivity contribution >= 4 is 37.8 Å². The lowest BCUT2D eigenvalue weighted by Crippen LogP contribution is -2.12. The number of nitrogens with two attached hydrogens (primary N) is 1. The Kier molecular flexibility index (Phi) is 4.27. The number of rotatable bonds is 3. The topological polar surface area (TPSA) is 52.3 Å². The third-order valence-corrected chi connectivity index (χ3v) is 3.56. The van der Waals surface area contributed by atoms with Crippen molar-refractivity contribution < 1.29 is 9.53 Å². The van der Waals surface area contributed by atoms with Crippen molar-refractivity contribution in [1.82, 2.24) is 0 Å². The van der Waals surface area contributed by atoms with E-state index in [1.54, 1.807) is 18.2 Å². The average molecular weight is 385 g/mol.